The highest BCUT2D eigenvalue weighted by molar-refractivity contribution is 7.99. The van der Waals surface area contributed by atoms with Crippen LogP contribution in [0.1, 0.15) is 24.0 Å². The van der Waals surface area contributed by atoms with Crippen LogP contribution >= 0.6 is 11.8 Å². The molecule has 0 aliphatic carbocycles. The molecule has 0 heterocycles. The summed E-state index contributed by atoms with van der Waals surface area (Å²) in [7, 11) is 3.43. The predicted molar refractivity (Wildman–Crippen MR) is 89.9 cm³/mol. The minimum absolute atomic E-state index is 0.389. The molecule has 0 bridgehead atoms. The number of hydrogen-bond donors (Lipinski definition) is 0. The van der Waals surface area contributed by atoms with Gasteiger partial charge in [-0.1, -0.05) is 25.1 Å². The van der Waals surface area contributed by atoms with E-state index >= 15 is 0 Å². The van der Waals surface area contributed by atoms with Crippen LogP contribution in [0.2, 0.25) is 0 Å². The fourth-order valence-corrected chi connectivity index (χ4v) is 3.26. The molecule has 0 saturated carbocycles. The molecule has 0 spiro atoms. The highest BCUT2D eigenvalue weighted by Gasteiger charge is 2.15. The van der Waals surface area contributed by atoms with Gasteiger partial charge < -0.3 is 9.47 Å². The number of benzene rings is 2. The number of rotatable bonds is 6. The van der Waals surface area contributed by atoms with Crippen molar-refractivity contribution in [3.63, 3.8) is 0 Å². The fourth-order valence-electron chi connectivity index (χ4n) is 2.29. The lowest BCUT2D eigenvalue weighted by Gasteiger charge is -2.18. The zero-order valence-electron chi connectivity index (χ0n) is 13.1. The molecule has 0 saturated heterocycles. The molecule has 3 heteroatoms. The number of aryl methyl sites for hydroxylation is 1. The van der Waals surface area contributed by atoms with Crippen LogP contribution in [0.15, 0.2) is 47.4 Å². The van der Waals surface area contributed by atoms with Crippen LogP contribution in [0.4, 0.5) is 0 Å². The zero-order chi connectivity index (χ0) is 15.2. The molecular weight excluding hydrogens is 280 g/mol. The summed E-state index contributed by atoms with van der Waals surface area (Å²) in [5.74, 6) is 3.25. The van der Waals surface area contributed by atoms with Crippen LogP contribution in [0.5, 0.6) is 11.5 Å². The lowest BCUT2D eigenvalue weighted by atomic mass is 9.99. The minimum atomic E-state index is 0.389. The van der Waals surface area contributed by atoms with Gasteiger partial charge in [0.25, 0.3) is 0 Å². The Balaban J connectivity index is 2.16. The van der Waals surface area contributed by atoms with E-state index in [9.17, 15) is 0 Å². The van der Waals surface area contributed by atoms with E-state index in [1.165, 1.54) is 10.5 Å². The quantitative estimate of drug-likeness (QED) is 0.707. The third-order valence-electron chi connectivity index (χ3n) is 3.52. The average molecular weight is 302 g/mol. The molecule has 0 amide bonds. The highest BCUT2D eigenvalue weighted by atomic mass is 32.2. The molecule has 2 aromatic carbocycles. The molecular formula is C18H22O2S. The van der Waals surface area contributed by atoms with Gasteiger partial charge in [-0.15, -0.1) is 11.8 Å². The van der Waals surface area contributed by atoms with Crippen molar-refractivity contribution in [3.05, 3.63) is 53.6 Å². The third-order valence-corrected chi connectivity index (χ3v) is 4.79. The SMILES string of the molecule is COc1cc([C@@H](C)CSc2ccccc2)c(OC)cc1C. The van der Waals surface area contributed by atoms with Gasteiger partial charge in [-0.2, -0.15) is 0 Å². The van der Waals surface area contributed by atoms with Gasteiger partial charge in [0, 0.05) is 16.2 Å². The van der Waals surface area contributed by atoms with E-state index in [1.807, 2.05) is 24.8 Å². The van der Waals surface area contributed by atoms with E-state index < -0.39 is 0 Å². The molecule has 1 atom stereocenters. The lowest BCUT2D eigenvalue weighted by Crippen LogP contribution is -2.02. The first kappa shape index (κ1) is 15.8. The number of thioether (sulfide) groups is 1. The van der Waals surface area contributed by atoms with Crippen molar-refractivity contribution in [1.82, 2.24) is 0 Å². The molecule has 0 unspecified atom stereocenters. The Hall–Kier alpha value is -1.61. The van der Waals surface area contributed by atoms with Crippen LogP contribution in [0, 0.1) is 6.92 Å². The van der Waals surface area contributed by atoms with Crippen molar-refractivity contribution in [2.75, 3.05) is 20.0 Å². The van der Waals surface area contributed by atoms with Crippen molar-refractivity contribution in [2.24, 2.45) is 0 Å². The summed E-state index contributed by atoms with van der Waals surface area (Å²) in [4.78, 5) is 1.29. The largest absolute Gasteiger partial charge is 0.496 e. The Morgan fingerprint density at radius 2 is 1.67 bits per heavy atom. The minimum Gasteiger partial charge on any atom is -0.496 e. The first-order chi connectivity index (χ1) is 10.2. The fraction of sp³-hybridized carbons (Fsp3) is 0.333. The monoisotopic (exact) mass is 302 g/mol. The second-order valence-electron chi connectivity index (χ2n) is 5.09. The van der Waals surface area contributed by atoms with Gasteiger partial charge in [0.05, 0.1) is 14.2 Å². The van der Waals surface area contributed by atoms with E-state index in [0.717, 1.165) is 22.8 Å². The molecule has 2 nitrogen and oxygen atoms in total. The highest BCUT2D eigenvalue weighted by Crippen LogP contribution is 2.35. The van der Waals surface area contributed by atoms with Crippen molar-refractivity contribution in [3.8, 4) is 11.5 Å². The van der Waals surface area contributed by atoms with Crippen molar-refractivity contribution in [2.45, 2.75) is 24.7 Å². The molecule has 2 rings (SSSR count). The number of methoxy groups -OCH3 is 2. The normalized spacial score (nSPS) is 12.0. The second-order valence-corrected chi connectivity index (χ2v) is 6.18. The first-order valence-electron chi connectivity index (χ1n) is 7.06. The summed E-state index contributed by atoms with van der Waals surface area (Å²) in [5.41, 5.74) is 2.30. The molecule has 21 heavy (non-hydrogen) atoms. The second kappa shape index (κ2) is 7.41. The summed E-state index contributed by atoms with van der Waals surface area (Å²) in [6.45, 7) is 4.26. The van der Waals surface area contributed by atoms with E-state index in [2.05, 4.69) is 43.3 Å². The van der Waals surface area contributed by atoms with Gasteiger partial charge in [-0.25, -0.2) is 0 Å². The maximum Gasteiger partial charge on any atom is 0.122 e. The van der Waals surface area contributed by atoms with Crippen molar-refractivity contribution >= 4 is 11.8 Å². The Morgan fingerprint density at radius 3 is 2.29 bits per heavy atom. The summed E-state index contributed by atoms with van der Waals surface area (Å²) in [5, 5.41) is 0. The van der Waals surface area contributed by atoms with Gasteiger partial charge in [0.1, 0.15) is 11.5 Å². The van der Waals surface area contributed by atoms with Gasteiger partial charge in [0.15, 0.2) is 0 Å². The molecule has 0 fully saturated rings. The van der Waals surface area contributed by atoms with E-state index in [1.54, 1.807) is 14.2 Å². The molecule has 0 N–H and O–H groups in total. The van der Waals surface area contributed by atoms with Gasteiger partial charge >= 0.3 is 0 Å². The molecule has 112 valence electrons. The Labute approximate surface area is 131 Å². The standard InChI is InChI=1S/C18H22O2S/c1-13-10-18(20-4)16(11-17(13)19-3)14(2)12-21-15-8-6-5-7-9-15/h5-11,14H,12H2,1-4H3/t14-/m0/s1. The summed E-state index contributed by atoms with van der Waals surface area (Å²) in [6, 6.07) is 14.6. The van der Waals surface area contributed by atoms with E-state index in [0.29, 0.717) is 5.92 Å². The van der Waals surface area contributed by atoms with E-state index in [4.69, 9.17) is 9.47 Å². The van der Waals surface area contributed by atoms with Crippen molar-refractivity contribution in [1.29, 1.82) is 0 Å². The number of hydrogen-bond acceptors (Lipinski definition) is 3. The summed E-state index contributed by atoms with van der Waals surface area (Å²) >= 11 is 1.86. The van der Waals surface area contributed by atoms with Gasteiger partial charge in [-0.05, 0) is 42.7 Å². The van der Waals surface area contributed by atoms with Crippen LogP contribution in [-0.2, 0) is 0 Å². The third kappa shape index (κ3) is 3.94. The van der Waals surface area contributed by atoms with Crippen LogP contribution in [0.25, 0.3) is 0 Å². The first-order valence-corrected chi connectivity index (χ1v) is 8.04. The molecule has 0 aliphatic rings. The lowest BCUT2D eigenvalue weighted by molar-refractivity contribution is 0.395. The van der Waals surface area contributed by atoms with Gasteiger partial charge in [0.2, 0.25) is 0 Å². The average Bonchev–Trinajstić information content (AvgIpc) is 2.53. The summed E-state index contributed by atoms with van der Waals surface area (Å²) < 4.78 is 11.0. The van der Waals surface area contributed by atoms with Crippen LogP contribution in [0.3, 0.4) is 0 Å². The predicted octanol–water partition coefficient (Wildman–Crippen LogP) is 4.91. The maximum atomic E-state index is 5.53. The molecule has 2 aromatic rings. The van der Waals surface area contributed by atoms with Gasteiger partial charge in [-0.3, -0.25) is 0 Å². The topological polar surface area (TPSA) is 18.5 Å². The van der Waals surface area contributed by atoms with Crippen LogP contribution in [-0.4, -0.2) is 20.0 Å². The van der Waals surface area contributed by atoms with E-state index in [-0.39, 0.29) is 0 Å². The molecule has 0 aliphatic heterocycles. The molecule has 0 aromatic heterocycles. The number of ether oxygens (including phenoxy) is 2. The Bertz CT molecular complexity index is 581. The summed E-state index contributed by atoms with van der Waals surface area (Å²) in [6.07, 6.45) is 0. The molecule has 0 radical (unpaired) electrons. The van der Waals surface area contributed by atoms with Crippen molar-refractivity contribution < 1.29 is 9.47 Å². The Kier molecular flexibility index (Phi) is 5.57. The smallest absolute Gasteiger partial charge is 0.122 e. The maximum absolute atomic E-state index is 5.53. The van der Waals surface area contributed by atoms with Crippen LogP contribution < -0.4 is 9.47 Å². The Morgan fingerprint density at radius 1 is 1.00 bits per heavy atom. The zero-order valence-corrected chi connectivity index (χ0v) is 13.9.